The van der Waals surface area contributed by atoms with Gasteiger partial charge in [0.15, 0.2) is 5.65 Å². The molecule has 2 aliphatic rings. The van der Waals surface area contributed by atoms with Crippen LogP contribution in [0.2, 0.25) is 5.02 Å². The zero-order valence-electron chi connectivity index (χ0n) is 17.8. The Morgan fingerprint density at radius 1 is 1.28 bits per heavy atom. The molecule has 1 aliphatic heterocycles. The van der Waals surface area contributed by atoms with Crippen LogP contribution < -0.4 is 15.0 Å². The van der Waals surface area contributed by atoms with Crippen LogP contribution in [0.25, 0.3) is 5.65 Å². The lowest BCUT2D eigenvalue weighted by molar-refractivity contribution is -0.127. The Labute approximate surface area is 190 Å². The van der Waals surface area contributed by atoms with Crippen molar-refractivity contribution in [2.45, 2.75) is 38.1 Å². The molecule has 1 aliphatic carbocycles. The molecular formula is C23H24ClN5O3. The number of aromatic nitrogens is 3. The number of ether oxygens (including phenoxy) is 1. The molecule has 1 N–H and O–H groups in total. The number of hydrogen-bond acceptors (Lipinski definition) is 5. The zero-order valence-corrected chi connectivity index (χ0v) is 18.5. The minimum atomic E-state index is -0.389. The van der Waals surface area contributed by atoms with Crippen LogP contribution in [-0.4, -0.2) is 46.1 Å². The van der Waals surface area contributed by atoms with Gasteiger partial charge in [-0.2, -0.15) is 5.10 Å². The number of rotatable bonds is 4. The summed E-state index contributed by atoms with van der Waals surface area (Å²) in [6.45, 7) is 0.636. The molecule has 5 rings (SSSR count). The predicted molar refractivity (Wildman–Crippen MR) is 120 cm³/mol. The lowest BCUT2D eigenvalue weighted by Crippen LogP contribution is -2.43. The van der Waals surface area contributed by atoms with Crippen molar-refractivity contribution in [1.29, 1.82) is 0 Å². The molecule has 32 heavy (non-hydrogen) atoms. The second-order valence-electron chi connectivity index (χ2n) is 8.50. The number of nitrogens with one attached hydrogen (secondary N) is 1. The van der Waals surface area contributed by atoms with Crippen LogP contribution in [0, 0.1) is 5.41 Å². The number of anilines is 1. The topological polar surface area (TPSA) is 88.8 Å². The Morgan fingerprint density at radius 2 is 2.09 bits per heavy atom. The van der Waals surface area contributed by atoms with Gasteiger partial charge in [0.1, 0.15) is 11.3 Å². The summed E-state index contributed by atoms with van der Waals surface area (Å²) in [6.07, 6.45) is 8.72. The molecule has 2 amide bonds. The molecule has 3 heterocycles. The summed E-state index contributed by atoms with van der Waals surface area (Å²) in [7, 11) is 1.60. The van der Waals surface area contributed by atoms with E-state index in [1.165, 1.54) is 6.20 Å². The molecule has 0 radical (unpaired) electrons. The largest absolute Gasteiger partial charge is 0.497 e. The Hall–Kier alpha value is -3.13. The van der Waals surface area contributed by atoms with Crippen molar-refractivity contribution in [3.63, 3.8) is 0 Å². The van der Waals surface area contributed by atoms with E-state index in [1.54, 1.807) is 47.1 Å². The van der Waals surface area contributed by atoms with Crippen molar-refractivity contribution in [3.8, 4) is 5.75 Å². The molecule has 1 spiro atoms. The molecule has 2 aromatic heterocycles. The van der Waals surface area contributed by atoms with E-state index in [0.29, 0.717) is 34.2 Å². The van der Waals surface area contributed by atoms with E-state index in [4.69, 9.17) is 16.3 Å². The third kappa shape index (κ3) is 3.48. The van der Waals surface area contributed by atoms with Gasteiger partial charge in [-0.3, -0.25) is 9.59 Å². The SMILES string of the molecule is COc1ccc(Cl)c(N2CCC3(CCC(NC(=O)c4cnn5cccnc45)CC3)C2=O)c1. The normalized spacial score (nSPS) is 23.1. The highest BCUT2D eigenvalue weighted by molar-refractivity contribution is 6.34. The van der Waals surface area contributed by atoms with Crippen LogP contribution in [0.1, 0.15) is 42.5 Å². The zero-order chi connectivity index (χ0) is 22.3. The Balaban J connectivity index is 1.25. The van der Waals surface area contributed by atoms with Crippen molar-refractivity contribution in [3.05, 3.63) is 53.4 Å². The number of benzene rings is 1. The molecule has 1 aromatic carbocycles. The monoisotopic (exact) mass is 453 g/mol. The second-order valence-corrected chi connectivity index (χ2v) is 8.91. The van der Waals surface area contributed by atoms with Gasteiger partial charge in [-0.25, -0.2) is 9.50 Å². The summed E-state index contributed by atoms with van der Waals surface area (Å²) in [5.41, 5.74) is 1.30. The molecule has 8 nitrogen and oxygen atoms in total. The van der Waals surface area contributed by atoms with Crippen LogP contribution in [0.15, 0.2) is 42.9 Å². The van der Waals surface area contributed by atoms with Crippen molar-refractivity contribution >= 4 is 34.7 Å². The second kappa shape index (κ2) is 8.09. The average molecular weight is 454 g/mol. The highest BCUT2D eigenvalue weighted by atomic mass is 35.5. The quantitative estimate of drug-likeness (QED) is 0.653. The van der Waals surface area contributed by atoms with Gasteiger partial charge < -0.3 is 15.0 Å². The molecule has 1 saturated carbocycles. The first-order valence-electron chi connectivity index (χ1n) is 10.8. The van der Waals surface area contributed by atoms with Crippen molar-refractivity contribution < 1.29 is 14.3 Å². The molecular weight excluding hydrogens is 430 g/mol. The van der Waals surface area contributed by atoms with Crippen molar-refractivity contribution in [1.82, 2.24) is 19.9 Å². The fourth-order valence-corrected chi connectivity index (χ4v) is 5.13. The Kier molecular flexibility index (Phi) is 5.25. The summed E-state index contributed by atoms with van der Waals surface area (Å²) in [6, 6.07) is 7.15. The van der Waals surface area contributed by atoms with Crippen LogP contribution in [-0.2, 0) is 4.79 Å². The smallest absolute Gasteiger partial charge is 0.256 e. The van der Waals surface area contributed by atoms with Gasteiger partial charge in [-0.15, -0.1) is 0 Å². The van der Waals surface area contributed by atoms with E-state index in [0.717, 1.165) is 32.1 Å². The molecule has 3 aromatic rings. The number of carbonyl (C=O) groups is 2. The third-order valence-corrected chi connectivity index (χ3v) is 7.08. The van der Waals surface area contributed by atoms with Crippen molar-refractivity contribution in [2.75, 3.05) is 18.6 Å². The molecule has 1 saturated heterocycles. The molecule has 2 fully saturated rings. The van der Waals surface area contributed by atoms with Crippen LogP contribution >= 0.6 is 11.6 Å². The summed E-state index contributed by atoms with van der Waals surface area (Å²) >= 11 is 6.39. The lowest BCUT2D eigenvalue weighted by atomic mass is 9.71. The first-order valence-corrected chi connectivity index (χ1v) is 11.1. The van der Waals surface area contributed by atoms with Crippen LogP contribution in [0.4, 0.5) is 5.69 Å². The standard InChI is InChI=1S/C23H24ClN5O3/c1-32-16-3-4-18(24)19(13-16)28-12-9-23(22(28)31)7-5-15(6-8-23)27-21(30)17-14-26-29-11-2-10-25-20(17)29/h2-4,10-11,13-15H,5-9,12H2,1H3,(H,27,30). The number of nitrogens with zero attached hydrogens (tertiary/aromatic N) is 4. The summed E-state index contributed by atoms with van der Waals surface area (Å²) < 4.78 is 6.89. The maximum Gasteiger partial charge on any atom is 0.256 e. The minimum absolute atomic E-state index is 0.0223. The third-order valence-electron chi connectivity index (χ3n) is 6.76. The van der Waals surface area contributed by atoms with Gasteiger partial charge in [0, 0.05) is 31.0 Å². The number of carbonyl (C=O) groups excluding carboxylic acids is 2. The highest BCUT2D eigenvalue weighted by Gasteiger charge is 2.49. The summed E-state index contributed by atoms with van der Waals surface area (Å²) in [5, 5.41) is 7.83. The van der Waals surface area contributed by atoms with Gasteiger partial charge in [0.25, 0.3) is 5.91 Å². The maximum atomic E-state index is 13.4. The fourth-order valence-electron chi connectivity index (χ4n) is 4.91. The van der Waals surface area contributed by atoms with Gasteiger partial charge in [0.2, 0.25) is 5.91 Å². The van der Waals surface area contributed by atoms with Gasteiger partial charge in [-0.1, -0.05) is 11.6 Å². The number of methoxy groups -OCH3 is 1. The van der Waals surface area contributed by atoms with E-state index in [9.17, 15) is 9.59 Å². The lowest BCUT2D eigenvalue weighted by Gasteiger charge is -2.36. The maximum absolute atomic E-state index is 13.4. The van der Waals surface area contributed by atoms with E-state index in [-0.39, 0.29) is 23.3 Å². The number of hydrogen-bond donors (Lipinski definition) is 1. The van der Waals surface area contributed by atoms with Crippen LogP contribution in [0.5, 0.6) is 5.75 Å². The number of fused-ring (bicyclic) bond motifs is 1. The van der Waals surface area contributed by atoms with Gasteiger partial charge >= 0.3 is 0 Å². The number of halogens is 1. The predicted octanol–water partition coefficient (Wildman–Crippen LogP) is 3.49. The molecule has 0 unspecified atom stereocenters. The van der Waals surface area contributed by atoms with E-state index < -0.39 is 0 Å². The molecule has 0 bridgehead atoms. The van der Waals surface area contributed by atoms with E-state index in [2.05, 4.69) is 15.4 Å². The van der Waals surface area contributed by atoms with Gasteiger partial charge in [-0.05, 0) is 50.3 Å². The fraction of sp³-hybridized carbons (Fsp3) is 0.391. The van der Waals surface area contributed by atoms with Crippen molar-refractivity contribution in [2.24, 2.45) is 5.41 Å². The minimum Gasteiger partial charge on any atom is -0.497 e. The molecule has 9 heteroatoms. The van der Waals surface area contributed by atoms with E-state index in [1.807, 2.05) is 6.07 Å². The average Bonchev–Trinajstić information content (AvgIpc) is 3.38. The Bertz CT molecular complexity index is 1190. The highest BCUT2D eigenvalue weighted by Crippen LogP contribution is 2.47. The summed E-state index contributed by atoms with van der Waals surface area (Å²) in [4.78, 5) is 32.2. The molecule has 166 valence electrons. The first kappa shape index (κ1) is 20.8. The van der Waals surface area contributed by atoms with Gasteiger partial charge in [0.05, 0.1) is 29.4 Å². The first-order chi connectivity index (χ1) is 15.5. The Morgan fingerprint density at radius 3 is 2.88 bits per heavy atom. The van der Waals surface area contributed by atoms with Crippen LogP contribution in [0.3, 0.4) is 0 Å². The molecule has 0 atom stereocenters. The number of amides is 2. The summed E-state index contributed by atoms with van der Waals surface area (Å²) in [5.74, 6) is 0.609. The van der Waals surface area contributed by atoms with E-state index >= 15 is 0 Å².